The maximum Gasteiger partial charge on any atom is 0.262 e. The van der Waals surface area contributed by atoms with E-state index in [0.717, 1.165) is 24.5 Å². The zero-order valence-electron chi connectivity index (χ0n) is 14.4. The van der Waals surface area contributed by atoms with Crippen LogP contribution < -0.4 is 4.90 Å². The molecule has 0 spiro atoms. The molecule has 0 aliphatic carbocycles. The molecule has 2 aliphatic heterocycles. The Balaban J connectivity index is 1.79. The van der Waals surface area contributed by atoms with E-state index in [1.54, 1.807) is 43.7 Å². The van der Waals surface area contributed by atoms with Crippen LogP contribution in [0.1, 0.15) is 35.0 Å². The van der Waals surface area contributed by atoms with Crippen LogP contribution in [0.15, 0.2) is 38.9 Å². The zero-order valence-corrected chi connectivity index (χ0v) is 14.4. The SMILES string of the molecule is CCC1CN2C=Nc3oc(C)c(C(=O)N(C)c4cccnc4)c3C2=N1. The van der Waals surface area contributed by atoms with Crippen molar-refractivity contribution in [3.63, 3.8) is 0 Å². The van der Waals surface area contributed by atoms with Crippen LogP contribution in [-0.2, 0) is 0 Å². The van der Waals surface area contributed by atoms with Gasteiger partial charge in [0.05, 0.1) is 29.1 Å². The molecule has 0 bridgehead atoms. The number of pyridine rings is 1. The standard InChI is InChI=1S/C18H19N5O2/c1-4-12-9-23-10-20-17-15(16(23)21-12)14(11(2)25-17)18(24)22(3)13-6-5-7-19-8-13/h5-8,10,12H,4,9H2,1-3H3. The summed E-state index contributed by atoms with van der Waals surface area (Å²) in [5.41, 5.74) is 1.92. The molecule has 0 saturated carbocycles. The zero-order chi connectivity index (χ0) is 17.6. The van der Waals surface area contributed by atoms with E-state index < -0.39 is 0 Å². The molecule has 0 N–H and O–H groups in total. The van der Waals surface area contributed by atoms with Gasteiger partial charge in [0.25, 0.3) is 5.91 Å². The molecule has 0 saturated heterocycles. The van der Waals surface area contributed by atoms with Gasteiger partial charge in [0.1, 0.15) is 17.9 Å². The largest absolute Gasteiger partial charge is 0.442 e. The molecule has 4 rings (SSSR count). The molecule has 1 unspecified atom stereocenters. The van der Waals surface area contributed by atoms with Crippen molar-refractivity contribution in [2.45, 2.75) is 26.3 Å². The summed E-state index contributed by atoms with van der Waals surface area (Å²) in [7, 11) is 1.73. The average Bonchev–Trinajstić information content (AvgIpc) is 3.20. The number of carbonyl (C=O) groups excluding carboxylic acids is 1. The number of aliphatic imine (C=N–C) groups is 2. The number of carbonyl (C=O) groups is 1. The van der Waals surface area contributed by atoms with E-state index in [4.69, 9.17) is 9.41 Å². The molecule has 2 aromatic rings. The van der Waals surface area contributed by atoms with Crippen molar-refractivity contribution < 1.29 is 9.21 Å². The number of rotatable bonds is 3. The van der Waals surface area contributed by atoms with Gasteiger partial charge in [-0.05, 0) is 25.5 Å². The van der Waals surface area contributed by atoms with Crippen LogP contribution in [0.25, 0.3) is 0 Å². The summed E-state index contributed by atoms with van der Waals surface area (Å²) in [4.78, 5) is 29.9. The molecular formula is C18H19N5O2. The van der Waals surface area contributed by atoms with Gasteiger partial charge in [-0.25, -0.2) is 4.99 Å². The molecule has 4 heterocycles. The van der Waals surface area contributed by atoms with Crippen LogP contribution in [0, 0.1) is 6.92 Å². The fraction of sp³-hybridized carbons (Fsp3) is 0.333. The minimum atomic E-state index is -0.157. The molecule has 1 amide bonds. The minimum Gasteiger partial charge on any atom is -0.442 e. The van der Waals surface area contributed by atoms with Gasteiger partial charge < -0.3 is 14.2 Å². The predicted molar refractivity (Wildman–Crippen MR) is 95.9 cm³/mol. The lowest BCUT2D eigenvalue weighted by molar-refractivity contribution is 0.0991. The number of nitrogens with zero attached hydrogens (tertiary/aromatic N) is 5. The number of amides is 1. The van der Waals surface area contributed by atoms with Crippen molar-refractivity contribution in [3.8, 4) is 0 Å². The van der Waals surface area contributed by atoms with E-state index >= 15 is 0 Å². The Bertz CT molecular complexity index is 884. The highest BCUT2D eigenvalue weighted by molar-refractivity contribution is 6.20. The number of furan rings is 1. The Morgan fingerprint density at radius 1 is 1.48 bits per heavy atom. The van der Waals surface area contributed by atoms with Gasteiger partial charge in [-0.2, -0.15) is 0 Å². The Hall–Kier alpha value is -2.96. The molecule has 2 aliphatic rings. The van der Waals surface area contributed by atoms with Crippen LogP contribution in [0.5, 0.6) is 0 Å². The Labute approximate surface area is 145 Å². The highest BCUT2D eigenvalue weighted by Gasteiger charge is 2.36. The monoisotopic (exact) mass is 337 g/mol. The van der Waals surface area contributed by atoms with Gasteiger partial charge in [0, 0.05) is 19.8 Å². The van der Waals surface area contributed by atoms with Crippen molar-refractivity contribution in [2.24, 2.45) is 9.98 Å². The van der Waals surface area contributed by atoms with E-state index in [0.29, 0.717) is 22.8 Å². The molecule has 2 aromatic heterocycles. The van der Waals surface area contributed by atoms with E-state index in [1.807, 2.05) is 11.0 Å². The second kappa shape index (κ2) is 5.84. The quantitative estimate of drug-likeness (QED) is 0.863. The highest BCUT2D eigenvalue weighted by Crippen LogP contribution is 2.36. The molecule has 0 radical (unpaired) electrons. The summed E-state index contributed by atoms with van der Waals surface area (Å²) in [5, 5.41) is 0. The third-order valence-electron chi connectivity index (χ3n) is 4.61. The van der Waals surface area contributed by atoms with E-state index in [1.165, 1.54) is 0 Å². The fourth-order valence-electron chi connectivity index (χ4n) is 3.18. The average molecular weight is 337 g/mol. The number of anilines is 1. The first-order valence-corrected chi connectivity index (χ1v) is 8.30. The second-order valence-corrected chi connectivity index (χ2v) is 6.20. The van der Waals surface area contributed by atoms with E-state index in [-0.39, 0.29) is 11.9 Å². The van der Waals surface area contributed by atoms with Gasteiger partial charge in [0.2, 0.25) is 5.88 Å². The summed E-state index contributed by atoms with van der Waals surface area (Å²) in [6.07, 6.45) is 6.01. The minimum absolute atomic E-state index is 0.157. The summed E-state index contributed by atoms with van der Waals surface area (Å²) in [5.74, 6) is 1.62. The van der Waals surface area contributed by atoms with Gasteiger partial charge in [-0.15, -0.1) is 0 Å². The molecule has 25 heavy (non-hydrogen) atoms. The fourth-order valence-corrected chi connectivity index (χ4v) is 3.18. The lowest BCUT2D eigenvalue weighted by Gasteiger charge is -2.21. The van der Waals surface area contributed by atoms with Crippen molar-refractivity contribution in [1.82, 2.24) is 9.88 Å². The summed E-state index contributed by atoms with van der Waals surface area (Å²) in [6, 6.07) is 3.86. The number of aryl methyl sites for hydroxylation is 1. The third kappa shape index (κ3) is 2.43. The molecule has 0 aromatic carbocycles. The van der Waals surface area contributed by atoms with Crippen molar-refractivity contribution >= 4 is 29.7 Å². The molecule has 7 heteroatoms. The Kier molecular flexibility index (Phi) is 3.63. The smallest absolute Gasteiger partial charge is 0.262 e. The normalized spacial score (nSPS) is 18.0. The molecule has 7 nitrogen and oxygen atoms in total. The number of hydrogen-bond acceptors (Lipinski definition) is 6. The highest BCUT2D eigenvalue weighted by atomic mass is 16.4. The lowest BCUT2D eigenvalue weighted by atomic mass is 10.1. The summed E-state index contributed by atoms with van der Waals surface area (Å²) < 4.78 is 5.75. The van der Waals surface area contributed by atoms with Gasteiger partial charge in [-0.3, -0.25) is 14.8 Å². The van der Waals surface area contributed by atoms with Gasteiger partial charge in [0.15, 0.2) is 0 Å². The van der Waals surface area contributed by atoms with Crippen LogP contribution in [-0.4, -0.2) is 47.6 Å². The van der Waals surface area contributed by atoms with Gasteiger partial charge in [-0.1, -0.05) is 6.92 Å². The summed E-state index contributed by atoms with van der Waals surface area (Å²) in [6.45, 7) is 4.68. The third-order valence-corrected chi connectivity index (χ3v) is 4.61. The topological polar surface area (TPSA) is 74.3 Å². The van der Waals surface area contributed by atoms with Crippen LogP contribution in [0.3, 0.4) is 0 Å². The first-order valence-electron chi connectivity index (χ1n) is 8.30. The van der Waals surface area contributed by atoms with Crippen LogP contribution in [0.2, 0.25) is 0 Å². The first-order chi connectivity index (χ1) is 12.1. The van der Waals surface area contributed by atoms with E-state index in [2.05, 4.69) is 16.9 Å². The Morgan fingerprint density at radius 3 is 3.04 bits per heavy atom. The van der Waals surface area contributed by atoms with Crippen molar-refractivity contribution in [2.75, 3.05) is 18.5 Å². The Morgan fingerprint density at radius 2 is 2.32 bits per heavy atom. The summed E-state index contributed by atoms with van der Waals surface area (Å²) >= 11 is 0. The second-order valence-electron chi connectivity index (χ2n) is 6.20. The molecular weight excluding hydrogens is 318 g/mol. The van der Waals surface area contributed by atoms with E-state index in [9.17, 15) is 4.79 Å². The number of aromatic nitrogens is 1. The first kappa shape index (κ1) is 15.6. The maximum absolute atomic E-state index is 13.2. The number of hydrogen-bond donors (Lipinski definition) is 0. The van der Waals surface area contributed by atoms with Gasteiger partial charge >= 0.3 is 0 Å². The lowest BCUT2D eigenvalue weighted by Crippen LogP contribution is -2.33. The van der Waals surface area contributed by atoms with Crippen molar-refractivity contribution in [1.29, 1.82) is 0 Å². The van der Waals surface area contributed by atoms with Crippen molar-refractivity contribution in [3.05, 3.63) is 41.4 Å². The van der Waals surface area contributed by atoms with Crippen LogP contribution >= 0.6 is 0 Å². The number of fused-ring (bicyclic) bond motifs is 3. The number of amidine groups is 1. The molecule has 1 atom stereocenters. The van der Waals surface area contributed by atoms with Crippen LogP contribution in [0.4, 0.5) is 11.6 Å². The molecule has 0 fully saturated rings. The molecule has 128 valence electrons. The predicted octanol–water partition coefficient (Wildman–Crippen LogP) is 2.77. The maximum atomic E-state index is 13.2.